The number of hydrogen-bond donors (Lipinski definition) is 0. The summed E-state index contributed by atoms with van der Waals surface area (Å²) in [4.78, 5) is 15.6. The van der Waals surface area contributed by atoms with Crippen molar-refractivity contribution >= 4 is 11.7 Å². The van der Waals surface area contributed by atoms with Gasteiger partial charge in [-0.25, -0.2) is 4.79 Å². The molecule has 0 saturated carbocycles. The Kier molecular flexibility index (Phi) is 4.61. The molecular formula is C15H19NO4. The standard InChI is InChI=1S/C15H19NO4/c1-4-20-15(17)14-11(16-14)7-5-10-6-8-12(18-2)13(9-10)19-3/h6,8-9,14H,4-5,7H2,1-3H3. The van der Waals surface area contributed by atoms with Crippen LogP contribution < -0.4 is 9.47 Å². The van der Waals surface area contributed by atoms with Crippen molar-refractivity contribution in [1.82, 2.24) is 0 Å². The number of hydrogen-bond acceptors (Lipinski definition) is 5. The van der Waals surface area contributed by atoms with Crippen LogP contribution >= 0.6 is 0 Å². The molecule has 5 heteroatoms. The average molecular weight is 277 g/mol. The average Bonchev–Trinajstić information content (AvgIpc) is 3.24. The molecule has 0 N–H and O–H groups in total. The zero-order valence-corrected chi connectivity index (χ0v) is 12.0. The summed E-state index contributed by atoms with van der Waals surface area (Å²) in [6.07, 6.45) is 1.58. The lowest BCUT2D eigenvalue weighted by Gasteiger charge is -2.09. The van der Waals surface area contributed by atoms with Crippen LogP contribution in [0.15, 0.2) is 23.2 Å². The van der Waals surface area contributed by atoms with E-state index in [2.05, 4.69) is 4.99 Å². The molecule has 1 aliphatic heterocycles. The molecular weight excluding hydrogens is 258 g/mol. The smallest absolute Gasteiger partial charge is 0.336 e. The predicted octanol–water partition coefficient (Wildman–Crippen LogP) is 2.02. The quantitative estimate of drug-likeness (QED) is 0.715. The van der Waals surface area contributed by atoms with Crippen molar-refractivity contribution in [3.05, 3.63) is 23.8 Å². The number of nitrogens with zero attached hydrogens (tertiary/aromatic N) is 1. The van der Waals surface area contributed by atoms with Gasteiger partial charge in [0, 0.05) is 0 Å². The van der Waals surface area contributed by atoms with E-state index in [1.54, 1.807) is 21.1 Å². The predicted molar refractivity (Wildman–Crippen MR) is 75.7 cm³/mol. The molecule has 0 aromatic heterocycles. The second-order valence-electron chi connectivity index (χ2n) is 4.46. The maximum atomic E-state index is 11.4. The minimum atomic E-state index is -0.338. The number of esters is 1. The Bertz CT molecular complexity index is 525. The number of carbonyl (C=O) groups excluding carboxylic acids is 1. The Labute approximate surface area is 118 Å². The fourth-order valence-electron chi connectivity index (χ4n) is 2.05. The van der Waals surface area contributed by atoms with Crippen LogP contribution in [0.1, 0.15) is 18.9 Å². The molecule has 1 aromatic carbocycles. The van der Waals surface area contributed by atoms with Crippen LogP contribution in [0.25, 0.3) is 0 Å². The van der Waals surface area contributed by atoms with Crippen LogP contribution in [0, 0.1) is 0 Å². The van der Waals surface area contributed by atoms with Crippen molar-refractivity contribution in [3.63, 3.8) is 0 Å². The highest BCUT2D eigenvalue weighted by atomic mass is 16.5. The summed E-state index contributed by atoms with van der Waals surface area (Å²) in [6.45, 7) is 2.19. The number of benzene rings is 1. The number of methoxy groups -OCH3 is 2. The number of ether oxygens (including phenoxy) is 3. The molecule has 20 heavy (non-hydrogen) atoms. The van der Waals surface area contributed by atoms with Crippen molar-refractivity contribution in [2.45, 2.75) is 25.8 Å². The van der Waals surface area contributed by atoms with E-state index in [-0.39, 0.29) is 12.0 Å². The summed E-state index contributed by atoms with van der Waals surface area (Å²) >= 11 is 0. The number of aliphatic imine (C=N–C) groups is 1. The third kappa shape index (κ3) is 3.29. The first kappa shape index (κ1) is 14.4. The maximum absolute atomic E-state index is 11.4. The molecule has 0 bridgehead atoms. The molecule has 1 aromatic rings. The molecule has 0 spiro atoms. The van der Waals surface area contributed by atoms with E-state index < -0.39 is 0 Å². The van der Waals surface area contributed by atoms with E-state index in [0.717, 1.165) is 24.1 Å². The van der Waals surface area contributed by atoms with Crippen LogP contribution in [-0.4, -0.2) is 38.5 Å². The maximum Gasteiger partial charge on any atom is 0.336 e. The molecule has 1 unspecified atom stereocenters. The summed E-state index contributed by atoms with van der Waals surface area (Å²) < 4.78 is 15.4. The number of aryl methyl sites for hydroxylation is 1. The van der Waals surface area contributed by atoms with Crippen LogP contribution in [0.2, 0.25) is 0 Å². The van der Waals surface area contributed by atoms with Gasteiger partial charge in [-0.15, -0.1) is 0 Å². The van der Waals surface area contributed by atoms with Gasteiger partial charge < -0.3 is 14.2 Å². The Morgan fingerprint density at radius 3 is 2.60 bits per heavy atom. The van der Waals surface area contributed by atoms with Crippen LogP contribution in [0.3, 0.4) is 0 Å². The number of carbonyl (C=O) groups is 1. The molecule has 108 valence electrons. The van der Waals surface area contributed by atoms with Gasteiger partial charge >= 0.3 is 5.97 Å². The van der Waals surface area contributed by atoms with Gasteiger partial charge in [-0.05, 0) is 37.5 Å². The lowest BCUT2D eigenvalue weighted by Crippen LogP contribution is -2.16. The molecule has 1 atom stereocenters. The minimum absolute atomic E-state index is 0.241. The second kappa shape index (κ2) is 6.41. The first-order chi connectivity index (χ1) is 9.69. The second-order valence-corrected chi connectivity index (χ2v) is 4.46. The van der Waals surface area contributed by atoms with Crippen LogP contribution in [-0.2, 0) is 16.0 Å². The number of rotatable bonds is 7. The molecule has 1 aliphatic rings. The zero-order chi connectivity index (χ0) is 14.5. The lowest BCUT2D eigenvalue weighted by molar-refractivity contribution is -0.142. The van der Waals surface area contributed by atoms with Gasteiger partial charge in [-0.1, -0.05) is 6.07 Å². The van der Waals surface area contributed by atoms with E-state index >= 15 is 0 Å². The van der Waals surface area contributed by atoms with Crippen molar-refractivity contribution in [2.75, 3.05) is 20.8 Å². The van der Waals surface area contributed by atoms with Gasteiger partial charge in [0.2, 0.25) is 0 Å². The van der Waals surface area contributed by atoms with Crippen molar-refractivity contribution in [3.8, 4) is 11.5 Å². The molecule has 0 fully saturated rings. The van der Waals surface area contributed by atoms with E-state index in [0.29, 0.717) is 18.1 Å². The molecule has 5 nitrogen and oxygen atoms in total. The third-order valence-corrected chi connectivity index (χ3v) is 3.17. The first-order valence-corrected chi connectivity index (χ1v) is 6.63. The fraction of sp³-hybridized carbons (Fsp3) is 0.467. The fourth-order valence-corrected chi connectivity index (χ4v) is 2.05. The molecule has 0 amide bonds. The zero-order valence-electron chi connectivity index (χ0n) is 12.0. The summed E-state index contributed by atoms with van der Waals surface area (Å²) in [7, 11) is 3.23. The van der Waals surface area contributed by atoms with Crippen LogP contribution in [0.5, 0.6) is 11.5 Å². The summed E-state index contributed by atoms with van der Waals surface area (Å²) in [5, 5.41) is 0. The highest BCUT2D eigenvalue weighted by Gasteiger charge is 2.35. The van der Waals surface area contributed by atoms with E-state index in [4.69, 9.17) is 14.2 Å². The van der Waals surface area contributed by atoms with Gasteiger partial charge in [0.25, 0.3) is 0 Å². The monoisotopic (exact) mass is 277 g/mol. The van der Waals surface area contributed by atoms with Crippen molar-refractivity contribution < 1.29 is 19.0 Å². The van der Waals surface area contributed by atoms with Crippen molar-refractivity contribution in [1.29, 1.82) is 0 Å². The van der Waals surface area contributed by atoms with Gasteiger partial charge in [0.05, 0.1) is 26.5 Å². The van der Waals surface area contributed by atoms with E-state index in [9.17, 15) is 4.79 Å². The van der Waals surface area contributed by atoms with Gasteiger partial charge in [-0.2, -0.15) is 0 Å². The third-order valence-electron chi connectivity index (χ3n) is 3.17. The highest BCUT2D eigenvalue weighted by Crippen LogP contribution is 2.28. The molecule has 1 heterocycles. The molecule has 0 saturated heterocycles. The Morgan fingerprint density at radius 1 is 1.20 bits per heavy atom. The van der Waals surface area contributed by atoms with Gasteiger partial charge in [0.15, 0.2) is 17.5 Å². The highest BCUT2D eigenvalue weighted by molar-refractivity contribution is 6.16. The molecule has 2 rings (SSSR count). The Balaban J connectivity index is 1.87. The van der Waals surface area contributed by atoms with Gasteiger partial charge in [-0.3, -0.25) is 4.99 Å². The minimum Gasteiger partial charge on any atom is -0.493 e. The van der Waals surface area contributed by atoms with E-state index in [1.165, 1.54) is 0 Å². The molecule has 0 aliphatic carbocycles. The largest absolute Gasteiger partial charge is 0.493 e. The molecule has 0 radical (unpaired) electrons. The Hall–Kier alpha value is -2.04. The SMILES string of the molecule is CCOC(=O)C1N=C1CCc1ccc(OC)c(OC)c1. The first-order valence-electron chi connectivity index (χ1n) is 6.63. The summed E-state index contributed by atoms with van der Waals surface area (Å²) in [5.41, 5.74) is 2.04. The summed E-state index contributed by atoms with van der Waals surface area (Å²) in [5.74, 6) is 1.18. The lowest BCUT2D eigenvalue weighted by atomic mass is 10.1. The van der Waals surface area contributed by atoms with E-state index in [1.807, 2.05) is 18.2 Å². The van der Waals surface area contributed by atoms with Crippen LogP contribution in [0.4, 0.5) is 0 Å². The topological polar surface area (TPSA) is 57.1 Å². The van der Waals surface area contributed by atoms with Gasteiger partial charge in [0.1, 0.15) is 0 Å². The van der Waals surface area contributed by atoms with Crippen molar-refractivity contribution in [2.24, 2.45) is 4.99 Å². The normalized spacial score (nSPS) is 16.4. The summed E-state index contributed by atoms with van der Waals surface area (Å²) in [6, 6.07) is 5.48. The Morgan fingerprint density at radius 2 is 1.95 bits per heavy atom.